The zero-order valence-electron chi connectivity index (χ0n) is 10.9. The molecule has 0 unspecified atom stereocenters. The van der Waals surface area contributed by atoms with E-state index in [1.165, 1.54) is 18.2 Å². The van der Waals surface area contributed by atoms with Crippen molar-refractivity contribution in [1.82, 2.24) is 0 Å². The fourth-order valence-corrected chi connectivity index (χ4v) is 2.34. The predicted octanol–water partition coefficient (Wildman–Crippen LogP) is 2.78. The maximum atomic E-state index is 13.2. The summed E-state index contributed by atoms with van der Waals surface area (Å²) >= 11 is 0. The summed E-state index contributed by atoms with van der Waals surface area (Å²) in [4.78, 5) is 25.4. The molecule has 1 heterocycles. The lowest BCUT2D eigenvalue weighted by molar-refractivity contribution is 0.0925. The van der Waals surface area contributed by atoms with Gasteiger partial charge in [-0.15, -0.1) is 0 Å². The number of anilines is 1. The quantitative estimate of drug-likeness (QED) is 0.821. The molecule has 0 aromatic heterocycles. The van der Waals surface area contributed by atoms with Gasteiger partial charge in [0, 0.05) is 0 Å². The monoisotopic (exact) mass is 289 g/mol. The first-order chi connectivity index (χ1) is 9.90. The van der Waals surface area contributed by atoms with Gasteiger partial charge in [-0.25, -0.2) is 13.7 Å². The summed E-state index contributed by atoms with van der Waals surface area (Å²) in [6.45, 7) is 1.61. The van der Waals surface area contributed by atoms with Crippen molar-refractivity contribution >= 4 is 17.5 Å². The molecule has 1 aliphatic heterocycles. The van der Waals surface area contributed by atoms with Crippen LogP contribution in [0.1, 0.15) is 26.3 Å². The molecule has 3 rings (SSSR count). The number of rotatable bonds is 1. The van der Waals surface area contributed by atoms with Gasteiger partial charge in [-0.05, 0) is 42.8 Å². The first-order valence-electron chi connectivity index (χ1n) is 6.07. The van der Waals surface area contributed by atoms with Gasteiger partial charge >= 0.3 is 0 Å². The van der Waals surface area contributed by atoms with Gasteiger partial charge in [0.15, 0.2) is 11.6 Å². The van der Waals surface area contributed by atoms with Crippen LogP contribution in [-0.4, -0.2) is 16.9 Å². The molecule has 2 aromatic rings. The smallest absolute Gasteiger partial charge is 0.266 e. The maximum Gasteiger partial charge on any atom is 0.266 e. The Balaban J connectivity index is 2.16. The highest BCUT2D eigenvalue weighted by Crippen LogP contribution is 2.32. The number of nitrogens with zero attached hydrogens (tertiary/aromatic N) is 1. The van der Waals surface area contributed by atoms with Crippen molar-refractivity contribution in [2.45, 2.75) is 6.92 Å². The highest BCUT2D eigenvalue weighted by molar-refractivity contribution is 6.34. The zero-order chi connectivity index (χ0) is 15.3. The van der Waals surface area contributed by atoms with E-state index in [2.05, 4.69) is 0 Å². The van der Waals surface area contributed by atoms with Gasteiger partial charge in [0.05, 0.1) is 16.8 Å². The number of carbonyl (C=O) groups is 2. The molecule has 2 amide bonds. The molecule has 6 heteroatoms. The second-order valence-electron chi connectivity index (χ2n) is 4.73. The molecule has 1 aliphatic rings. The van der Waals surface area contributed by atoms with Gasteiger partial charge in [0.25, 0.3) is 11.8 Å². The molecular formula is C15H9F2NO3. The van der Waals surface area contributed by atoms with Crippen molar-refractivity contribution in [2.75, 3.05) is 4.90 Å². The molecule has 0 saturated carbocycles. The van der Waals surface area contributed by atoms with Gasteiger partial charge in [-0.2, -0.15) is 0 Å². The number of hydrogen-bond donors (Lipinski definition) is 1. The summed E-state index contributed by atoms with van der Waals surface area (Å²) in [6.07, 6.45) is 0. The lowest BCUT2D eigenvalue weighted by Gasteiger charge is -2.16. The Hall–Kier alpha value is -2.76. The fraction of sp³-hybridized carbons (Fsp3) is 0.0667. The fourth-order valence-electron chi connectivity index (χ4n) is 2.34. The number of carbonyl (C=O) groups excluding carboxylic acids is 2. The minimum Gasteiger partial charge on any atom is -0.508 e. The Morgan fingerprint density at radius 2 is 1.48 bits per heavy atom. The number of fused-ring (bicyclic) bond motifs is 1. The van der Waals surface area contributed by atoms with Crippen LogP contribution in [0.4, 0.5) is 14.5 Å². The van der Waals surface area contributed by atoms with E-state index in [0.29, 0.717) is 5.56 Å². The first-order valence-corrected chi connectivity index (χ1v) is 6.07. The number of imide groups is 1. The van der Waals surface area contributed by atoms with Crippen LogP contribution in [0.15, 0.2) is 30.3 Å². The molecule has 0 saturated heterocycles. The number of benzene rings is 2. The summed E-state index contributed by atoms with van der Waals surface area (Å²) in [5.74, 6) is -3.81. The Morgan fingerprint density at radius 3 is 1.95 bits per heavy atom. The molecule has 0 bridgehead atoms. The number of phenolic OH excluding ortho intramolecular Hbond substituents is 1. The third-order valence-corrected chi connectivity index (χ3v) is 3.35. The molecule has 4 nitrogen and oxygen atoms in total. The van der Waals surface area contributed by atoms with Crippen molar-refractivity contribution in [1.29, 1.82) is 0 Å². The van der Waals surface area contributed by atoms with Gasteiger partial charge in [-0.1, -0.05) is 0 Å². The van der Waals surface area contributed by atoms with E-state index < -0.39 is 23.4 Å². The standard InChI is InChI=1S/C15H9F2NO3/c1-7-4-8(19)2-3-13(7)18-14(20)9-5-11(16)12(17)6-10(9)15(18)21/h2-6,19H,1H3. The van der Waals surface area contributed by atoms with Crippen LogP contribution in [0.3, 0.4) is 0 Å². The summed E-state index contributed by atoms with van der Waals surface area (Å²) < 4.78 is 26.5. The minimum absolute atomic E-state index is 0.00931. The van der Waals surface area contributed by atoms with Crippen LogP contribution >= 0.6 is 0 Å². The number of aryl methyl sites for hydroxylation is 1. The van der Waals surface area contributed by atoms with Crippen LogP contribution in [0.5, 0.6) is 5.75 Å². The van der Waals surface area contributed by atoms with E-state index in [1.807, 2.05) is 0 Å². The maximum absolute atomic E-state index is 13.2. The number of halogens is 2. The highest BCUT2D eigenvalue weighted by Gasteiger charge is 2.38. The molecule has 0 aliphatic carbocycles. The molecule has 106 valence electrons. The Morgan fingerprint density at radius 1 is 0.952 bits per heavy atom. The summed E-state index contributed by atoms with van der Waals surface area (Å²) in [5, 5.41) is 9.37. The molecule has 21 heavy (non-hydrogen) atoms. The van der Waals surface area contributed by atoms with E-state index in [9.17, 15) is 23.5 Å². The second-order valence-corrected chi connectivity index (χ2v) is 4.73. The lowest BCUT2D eigenvalue weighted by Crippen LogP contribution is -2.29. The average Bonchev–Trinajstić information content (AvgIpc) is 2.64. The number of hydrogen-bond acceptors (Lipinski definition) is 3. The first kappa shape index (κ1) is 13.2. The van der Waals surface area contributed by atoms with Gasteiger partial charge in [-0.3, -0.25) is 9.59 Å². The highest BCUT2D eigenvalue weighted by atomic mass is 19.2. The third kappa shape index (κ3) is 1.87. The Kier molecular flexibility index (Phi) is 2.76. The zero-order valence-corrected chi connectivity index (χ0v) is 10.9. The third-order valence-electron chi connectivity index (χ3n) is 3.35. The van der Waals surface area contributed by atoms with Crippen molar-refractivity contribution in [3.8, 4) is 5.75 Å². The topological polar surface area (TPSA) is 57.6 Å². The van der Waals surface area contributed by atoms with Crippen molar-refractivity contribution in [3.63, 3.8) is 0 Å². The number of amides is 2. The van der Waals surface area contributed by atoms with E-state index in [0.717, 1.165) is 17.0 Å². The SMILES string of the molecule is Cc1cc(O)ccc1N1C(=O)c2cc(F)c(F)cc2C1=O. The molecule has 0 spiro atoms. The average molecular weight is 289 g/mol. The second kappa shape index (κ2) is 4.37. The van der Waals surface area contributed by atoms with E-state index in [-0.39, 0.29) is 22.6 Å². The summed E-state index contributed by atoms with van der Waals surface area (Å²) in [5.41, 5.74) is 0.406. The number of aromatic hydroxyl groups is 1. The van der Waals surface area contributed by atoms with E-state index in [4.69, 9.17) is 0 Å². The number of phenols is 1. The molecular weight excluding hydrogens is 280 g/mol. The predicted molar refractivity (Wildman–Crippen MR) is 70.3 cm³/mol. The molecule has 1 N–H and O–H groups in total. The summed E-state index contributed by atoms with van der Waals surface area (Å²) in [7, 11) is 0. The summed E-state index contributed by atoms with van der Waals surface area (Å²) in [6, 6.07) is 5.56. The largest absolute Gasteiger partial charge is 0.508 e. The van der Waals surface area contributed by atoms with Crippen LogP contribution in [0.25, 0.3) is 0 Å². The van der Waals surface area contributed by atoms with Gasteiger partial charge in [0.1, 0.15) is 5.75 Å². The van der Waals surface area contributed by atoms with Crippen molar-refractivity contribution in [2.24, 2.45) is 0 Å². The van der Waals surface area contributed by atoms with Gasteiger partial charge < -0.3 is 5.11 Å². The normalized spacial score (nSPS) is 13.8. The molecule has 0 atom stereocenters. The Labute approximate surface area is 118 Å². The Bertz CT molecular complexity index is 761. The lowest BCUT2D eigenvalue weighted by atomic mass is 10.1. The van der Waals surface area contributed by atoms with Gasteiger partial charge in [0.2, 0.25) is 0 Å². The van der Waals surface area contributed by atoms with Crippen LogP contribution in [-0.2, 0) is 0 Å². The minimum atomic E-state index is -1.18. The van der Waals surface area contributed by atoms with Crippen molar-refractivity contribution < 1.29 is 23.5 Å². The molecule has 0 fully saturated rings. The van der Waals surface area contributed by atoms with E-state index >= 15 is 0 Å². The van der Waals surface area contributed by atoms with Crippen molar-refractivity contribution in [3.05, 3.63) is 58.7 Å². The van der Waals surface area contributed by atoms with Crippen LogP contribution in [0.2, 0.25) is 0 Å². The molecule has 0 radical (unpaired) electrons. The molecule has 2 aromatic carbocycles. The van der Waals surface area contributed by atoms with Crippen LogP contribution in [0, 0.1) is 18.6 Å². The van der Waals surface area contributed by atoms with Crippen LogP contribution < -0.4 is 4.90 Å². The van der Waals surface area contributed by atoms with E-state index in [1.54, 1.807) is 6.92 Å².